The van der Waals surface area contributed by atoms with Crippen molar-refractivity contribution >= 4 is 36.6 Å². The van der Waals surface area contributed by atoms with Gasteiger partial charge in [0, 0.05) is 26.4 Å². The average Bonchev–Trinajstić information content (AvgIpc) is 3.36. The number of hydrogen-bond acceptors (Lipinski definition) is 10. The van der Waals surface area contributed by atoms with Gasteiger partial charge in [0.05, 0.1) is 49.5 Å². The number of rotatable bonds is 14. The molecule has 0 bridgehead atoms. The van der Waals surface area contributed by atoms with Crippen LogP contribution >= 0.6 is 7.60 Å². The second-order valence-electron chi connectivity index (χ2n) is 12.0. The third kappa shape index (κ3) is 8.37. The highest BCUT2D eigenvalue weighted by molar-refractivity contribution is 7.53. The first-order valence-electron chi connectivity index (χ1n) is 16.5. The first-order chi connectivity index (χ1) is 23.4. The molecule has 1 amide bonds. The first-order valence-corrected chi connectivity index (χ1v) is 18.2. The Labute approximate surface area is 284 Å². The summed E-state index contributed by atoms with van der Waals surface area (Å²) in [5, 5.41) is 5.76. The minimum absolute atomic E-state index is 0.00171. The van der Waals surface area contributed by atoms with Crippen molar-refractivity contribution in [3.05, 3.63) is 64.3 Å². The van der Waals surface area contributed by atoms with E-state index in [4.69, 9.17) is 18.5 Å². The van der Waals surface area contributed by atoms with Crippen LogP contribution in [0.3, 0.4) is 0 Å². The zero-order valence-electron chi connectivity index (χ0n) is 28.4. The van der Waals surface area contributed by atoms with E-state index in [0.29, 0.717) is 41.9 Å². The molecule has 0 atom stereocenters. The Balaban J connectivity index is 1.44. The molecule has 1 saturated carbocycles. The van der Waals surface area contributed by atoms with E-state index < -0.39 is 25.2 Å². The largest absolute Gasteiger partial charge is 0.495 e. The third-order valence-electron chi connectivity index (χ3n) is 8.71. The van der Waals surface area contributed by atoms with Gasteiger partial charge in [-0.25, -0.2) is 4.98 Å². The van der Waals surface area contributed by atoms with Gasteiger partial charge in [0.2, 0.25) is 5.95 Å². The van der Waals surface area contributed by atoms with Crippen LogP contribution in [-0.4, -0.2) is 60.9 Å². The van der Waals surface area contributed by atoms with Crippen molar-refractivity contribution in [3.8, 4) is 5.75 Å². The number of nitrogens with zero attached hydrogens (tertiary/aromatic N) is 3. The molecule has 11 nitrogen and oxygen atoms in total. The summed E-state index contributed by atoms with van der Waals surface area (Å²) in [6.07, 6.45) is -0.223. The average molecular weight is 706 g/mol. The van der Waals surface area contributed by atoms with Crippen LogP contribution in [0.25, 0.3) is 0 Å². The Morgan fingerprint density at radius 3 is 2.31 bits per heavy atom. The van der Waals surface area contributed by atoms with Gasteiger partial charge in [0.1, 0.15) is 17.1 Å². The molecule has 1 aromatic heterocycles. The van der Waals surface area contributed by atoms with E-state index in [-0.39, 0.29) is 48.9 Å². The monoisotopic (exact) mass is 705 g/mol. The van der Waals surface area contributed by atoms with E-state index in [0.717, 1.165) is 36.8 Å². The summed E-state index contributed by atoms with van der Waals surface area (Å²) < 4.78 is 77.9. The maximum atomic E-state index is 14.2. The maximum absolute atomic E-state index is 14.2. The van der Waals surface area contributed by atoms with Crippen molar-refractivity contribution in [2.75, 3.05) is 44.6 Å². The number of anilines is 4. The van der Waals surface area contributed by atoms with Gasteiger partial charge in [-0.3, -0.25) is 9.36 Å². The fourth-order valence-corrected chi connectivity index (χ4v) is 8.20. The van der Waals surface area contributed by atoms with E-state index in [1.165, 1.54) is 7.11 Å². The van der Waals surface area contributed by atoms with Crippen LogP contribution in [-0.2, 0) is 37.2 Å². The van der Waals surface area contributed by atoms with Crippen LogP contribution in [0.15, 0.2) is 36.5 Å². The number of amides is 1. The lowest BCUT2D eigenvalue weighted by molar-refractivity contribution is -0.137. The van der Waals surface area contributed by atoms with Crippen LogP contribution in [0, 0.1) is 0 Å². The second kappa shape index (κ2) is 15.5. The van der Waals surface area contributed by atoms with Crippen LogP contribution in [0.1, 0.15) is 85.0 Å². The van der Waals surface area contributed by atoms with Gasteiger partial charge in [-0.15, -0.1) is 0 Å². The fraction of sp³-hybridized carbons (Fsp3) is 0.500. The number of methoxy groups -OCH3 is 1. The molecule has 0 radical (unpaired) electrons. The second-order valence-corrected chi connectivity index (χ2v) is 14.0. The van der Waals surface area contributed by atoms with Crippen molar-refractivity contribution in [1.82, 2.24) is 14.9 Å². The molecular weight excluding hydrogens is 662 g/mol. The zero-order chi connectivity index (χ0) is 35.3. The van der Waals surface area contributed by atoms with Gasteiger partial charge >= 0.3 is 13.8 Å². The minimum atomic E-state index is -4.78. The summed E-state index contributed by atoms with van der Waals surface area (Å²) in [7, 11) is -0.283. The molecule has 5 rings (SSSR count). The number of halogens is 3. The van der Waals surface area contributed by atoms with Crippen LogP contribution in [0.2, 0.25) is 0 Å². The van der Waals surface area contributed by atoms with Gasteiger partial charge in [-0.2, -0.15) is 18.2 Å². The summed E-state index contributed by atoms with van der Waals surface area (Å²) in [6.45, 7) is 6.89. The van der Waals surface area contributed by atoms with E-state index in [9.17, 15) is 22.5 Å². The van der Waals surface area contributed by atoms with E-state index in [2.05, 4.69) is 20.6 Å². The third-order valence-corrected chi connectivity index (χ3v) is 10.8. The fourth-order valence-electron chi connectivity index (χ4n) is 6.52. The van der Waals surface area contributed by atoms with Crippen molar-refractivity contribution in [1.29, 1.82) is 0 Å². The Morgan fingerprint density at radius 1 is 0.980 bits per heavy atom. The lowest BCUT2D eigenvalue weighted by atomic mass is 9.80. The number of carbonyl (C=O) groups is 1. The van der Waals surface area contributed by atoms with Gasteiger partial charge < -0.3 is 34.1 Å². The summed E-state index contributed by atoms with van der Waals surface area (Å²) in [4.78, 5) is 23.1. The Kier molecular flexibility index (Phi) is 11.5. The van der Waals surface area contributed by atoms with Crippen molar-refractivity contribution < 1.29 is 41.1 Å². The summed E-state index contributed by atoms with van der Waals surface area (Å²) in [5.74, 6) is -0.382. The quantitative estimate of drug-likeness (QED) is 0.158. The number of ether oxygens (including phenoxy) is 2. The number of nitrogens with one attached hydrogen (secondary N) is 2. The standard InChI is InChI=1S/C34H43F3N5O6P/c1-6-46-23-12-10-22(11-13-23)24-14-16-28(30-25(24)19-42(4)32(30)43)39-31-26(34(35,36)37)18-38-33(41-31)40-27-15-9-21(17-29(27)45-5)20-49(44,47-7-2)48-8-3/h9,14-18,22-23H,6-8,10-13,19-20H2,1-5H3,(H2,38,39,40,41). The van der Waals surface area contributed by atoms with Crippen LogP contribution < -0.4 is 15.4 Å². The molecule has 2 N–H and O–H groups in total. The van der Waals surface area contributed by atoms with E-state index >= 15 is 0 Å². The van der Waals surface area contributed by atoms with E-state index in [1.807, 2.05) is 13.0 Å². The van der Waals surface area contributed by atoms with Crippen LogP contribution in [0.5, 0.6) is 5.75 Å². The molecule has 2 aromatic carbocycles. The highest BCUT2D eigenvalue weighted by Gasteiger charge is 2.38. The molecule has 1 aliphatic heterocycles. The topological polar surface area (TPSA) is 124 Å². The van der Waals surface area contributed by atoms with Gasteiger partial charge in [-0.05, 0) is 87.3 Å². The smallest absolute Gasteiger partial charge is 0.421 e. The van der Waals surface area contributed by atoms with Crippen molar-refractivity contribution in [2.45, 2.75) is 77.4 Å². The zero-order valence-corrected chi connectivity index (χ0v) is 29.2. The Hall–Kier alpha value is -3.71. The molecule has 2 heterocycles. The van der Waals surface area contributed by atoms with Gasteiger partial charge in [0.25, 0.3) is 5.91 Å². The van der Waals surface area contributed by atoms with Gasteiger partial charge in [-0.1, -0.05) is 12.1 Å². The van der Waals surface area contributed by atoms with Crippen LogP contribution in [0.4, 0.5) is 36.3 Å². The molecule has 0 spiro atoms. The molecule has 1 aliphatic carbocycles. The molecule has 15 heteroatoms. The van der Waals surface area contributed by atoms with Crippen molar-refractivity contribution in [3.63, 3.8) is 0 Å². The van der Waals surface area contributed by atoms with E-state index in [1.54, 1.807) is 50.1 Å². The lowest BCUT2D eigenvalue weighted by Gasteiger charge is -2.30. The maximum Gasteiger partial charge on any atom is 0.421 e. The lowest BCUT2D eigenvalue weighted by Crippen LogP contribution is -2.21. The summed E-state index contributed by atoms with van der Waals surface area (Å²) >= 11 is 0. The summed E-state index contributed by atoms with van der Waals surface area (Å²) in [6, 6.07) is 8.50. The Bertz CT molecular complexity index is 1690. The van der Waals surface area contributed by atoms with Crippen molar-refractivity contribution in [2.24, 2.45) is 0 Å². The predicted octanol–water partition coefficient (Wildman–Crippen LogP) is 8.41. The molecule has 0 unspecified atom stereocenters. The SMILES string of the molecule is CCOC1CCC(c2ccc(Nc3nc(Nc4ccc(CP(=O)(OCC)OCC)cc4OC)ncc3C(F)(F)F)c3c2CN(C)C3=O)CC1. The normalized spacial score (nSPS) is 18.0. The Morgan fingerprint density at radius 2 is 1.67 bits per heavy atom. The highest BCUT2D eigenvalue weighted by Crippen LogP contribution is 2.52. The first kappa shape index (κ1) is 36.6. The molecule has 0 saturated heterocycles. The van der Waals surface area contributed by atoms with Gasteiger partial charge in [0.15, 0.2) is 0 Å². The molecule has 49 heavy (non-hydrogen) atoms. The molecular formula is C34H43F3N5O6P. The number of aromatic nitrogens is 2. The molecule has 1 fully saturated rings. The predicted molar refractivity (Wildman–Crippen MR) is 180 cm³/mol. The number of hydrogen-bond donors (Lipinski definition) is 2. The number of fused-ring (bicyclic) bond motifs is 1. The number of carbonyl (C=O) groups excluding carboxylic acids is 1. The summed E-state index contributed by atoms with van der Waals surface area (Å²) in [5.41, 5.74) is 2.33. The number of alkyl halides is 3. The minimum Gasteiger partial charge on any atom is -0.495 e. The number of benzene rings is 2. The molecule has 266 valence electrons. The highest BCUT2D eigenvalue weighted by atomic mass is 31.2. The molecule has 2 aliphatic rings. The molecule has 3 aromatic rings.